The third-order valence-electron chi connectivity index (χ3n) is 3.98. The van der Waals surface area contributed by atoms with Crippen LogP contribution in [0.4, 0.5) is 0 Å². The maximum Gasteiger partial charge on any atom is 0.115 e. The van der Waals surface area contributed by atoms with Crippen molar-refractivity contribution in [3.8, 4) is 5.75 Å². The summed E-state index contributed by atoms with van der Waals surface area (Å²) in [4.78, 5) is 7.37. The number of rotatable bonds is 5. The molecule has 2 aromatic rings. The molecule has 1 heterocycles. The summed E-state index contributed by atoms with van der Waals surface area (Å²) >= 11 is 0. The molecule has 0 aliphatic heterocycles. The lowest BCUT2D eigenvalue weighted by molar-refractivity contribution is 0.447. The fourth-order valence-electron chi connectivity index (χ4n) is 2.98. The minimum absolute atomic E-state index is 0.377. The molecule has 1 atom stereocenters. The highest BCUT2D eigenvalue weighted by Gasteiger charge is 2.19. The van der Waals surface area contributed by atoms with E-state index in [1.807, 2.05) is 12.3 Å². The molecule has 4 heteroatoms. The van der Waals surface area contributed by atoms with Crippen molar-refractivity contribution in [2.45, 2.75) is 38.1 Å². The summed E-state index contributed by atoms with van der Waals surface area (Å²) in [6, 6.07) is 6.19. The van der Waals surface area contributed by atoms with E-state index in [2.05, 4.69) is 21.4 Å². The van der Waals surface area contributed by atoms with E-state index in [0.29, 0.717) is 11.8 Å². The van der Waals surface area contributed by atoms with E-state index in [1.165, 1.54) is 24.0 Å². The molecule has 106 valence electrons. The lowest BCUT2D eigenvalue weighted by atomic mass is 9.87. The summed E-state index contributed by atoms with van der Waals surface area (Å²) in [6.07, 6.45) is 9.17. The summed E-state index contributed by atoms with van der Waals surface area (Å²) in [5, 5.41) is 13.2. The molecular formula is C16H21N3O. The molecule has 20 heavy (non-hydrogen) atoms. The first-order chi connectivity index (χ1) is 9.83. The van der Waals surface area contributed by atoms with E-state index in [1.54, 1.807) is 12.3 Å². The standard InChI is InChI=1S/C16H21N3O/c20-13-6-7-14-12(11-13)3-1-4-15(14)17-8-2-5-16-18-9-10-19-16/h6-7,9-11,15,17,20H,1-5,8H2,(H,18,19). The topological polar surface area (TPSA) is 60.9 Å². The Morgan fingerprint density at radius 2 is 2.35 bits per heavy atom. The number of phenols is 1. The number of aromatic hydroxyl groups is 1. The summed E-state index contributed by atoms with van der Waals surface area (Å²) in [5.41, 5.74) is 2.65. The molecule has 1 aliphatic rings. The first-order valence-electron chi connectivity index (χ1n) is 7.36. The summed E-state index contributed by atoms with van der Waals surface area (Å²) < 4.78 is 0. The first-order valence-corrected chi connectivity index (χ1v) is 7.36. The number of aromatic amines is 1. The predicted octanol–water partition coefficient (Wildman–Crippen LogP) is 2.72. The number of hydrogen-bond acceptors (Lipinski definition) is 3. The van der Waals surface area contributed by atoms with Gasteiger partial charge in [-0.2, -0.15) is 0 Å². The van der Waals surface area contributed by atoms with Gasteiger partial charge in [-0.05, 0) is 55.5 Å². The molecule has 1 aliphatic carbocycles. The molecule has 1 aromatic heterocycles. The van der Waals surface area contributed by atoms with Crippen molar-refractivity contribution < 1.29 is 5.11 Å². The molecule has 0 amide bonds. The lowest BCUT2D eigenvalue weighted by Crippen LogP contribution is -2.26. The van der Waals surface area contributed by atoms with E-state index < -0.39 is 0 Å². The average molecular weight is 271 g/mol. The van der Waals surface area contributed by atoms with Crippen molar-refractivity contribution in [1.82, 2.24) is 15.3 Å². The number of nitrogens with zero attached hydrogens (tertiary/aromatic N) is 1. The van der Waals surface area contributed by atoms with E-state index in [-0.39, 0.29) is 0 Å². The van der Waals surface area contributed by atoms with Crippen molar-refractivity contribution in [2.24, 2.45) is 0 Å². The zero-order chi connectivity index (χ0) is 13.8. The minimum atomic E-state index is 0.377. The zero-order valence-electron chi connectivity index (χ0n) is 11.6. The summed E-state index contributed by atoms with van der Waals surface area (Å²) in [6.45, 7) is 0.992. The lowest BCUT2D eigenvalue weighted by Gasteiger charge is -2.26. The number of aryl methyl sites for hydroxylation is 2. The molecule has 1 aromatic carbocycles. The van der Waals surface area contributed by atoms with Crippen molar-refractivity contribution >= 4 is 0 Å². The molecule has 0 bridgehead atoms. The minimum Gasteiger partial charge on any atom is -0.508 e. The quantitative estimate of drug-likeness (QED) is 0.733. The van der Waals surface area contributed by atoms with Gasteiger partial charge in [0, 0.05) is 24.9 Å². The Morgan fingerprint density at radius 1 is 1.40 bits per heavy atom. The van der Waals surface area contributed by atoms with Crippen molar-refractivity contribution in [1.29, 1.82) is 0 Å². The number of fused-ring (bicyclic) bond motifs is 1. The van der Waals surface area contributed by atoms with Crippen LogP contribution >= 0.6 is 0 Å². The number of H-pyrrole nitrogens is 1. The van der Waals surface area contributed by atoms with E-state index in [0.717, 1.165) is 31.6 Å². The van der Waals surface area contributed by atoms with Crippen molar-refractivity contribution in [3.63, 3.8) is 0 Å². The molecule has 0 saturated heterocycles. The zero-order valence-corrected chi connectivity index (χ0v) is 11.6. The number of nitrogens with one attached hydrogen (secondary N) is 2. The smallest absolute Gasteiger partial charge is 0.115 e. The van der Waals surface area contributed by atoms with Crippen LogP contribution in [0.1, 0.15) is 42.3 Å². The maximum atomic E-state index is 9.56. The van der Waals surface area contributed by atoms with Crippen molar-refractivity contribution in [2.75, 3.05) is 6.54 Å². The Hall–Kier alpha value is -1.81. The Morgan fingerprint density at radius 3 is 3.20 bits per heavy atom. The molecule has 0 saturated carbocycles. The van der Waals surface area contributed by atoms with E-state index >= 15 is 0 Å². The molecule has 1 unspecified atom stereocenters. The number of hydrogen-bond donors (Lipinski definition) is 3. The van der Waals surface area contributed by atoms with Gasteiger partial charge in [0.05, 0.1) is 0 Å². The van der Waals surface area contributed by atoms with Crippen LogP contribution < -0.4 is 5.32 Å². The Labute approximate surface area is 119 Å². The first kappa shape index (κ1) is 13.2. The van der Waals surface area contributed by atoms with Crippen LogP contribution in [0.3, 0.4) is 0 Å². The van der Waals surface area contributed by atoms with E-state index in [9.17, 15) is 5.11 Å². The van der Waals surface area contributed by atoms with Gasteiger partial charge in [-0.1, -0.05) is 6.07 Å². The monoisotopic (exact) mass is 271 g/mol. The van der Waals surface area contributed by atoms with Crippen LogP contribution in [0.2, 0.25) is 0 Å². The maximum absolute atomic E-state index is 9.56. The summed E-state index contributed by atoms with van der Waals surface area (Å²) in [5.74, 6) is 1.43. The van der Waals surface area contributed by atoms with Gasteiger partial charge in [-0.3, -0.25) is 0 Å². The van der Waals surface area contributed by atoms with Crippen LogP contribution in [0.5, 0.6) is 5.75 Å². The van der Waals surface area contributed by atoms with Gasteiger partial charge >= 0.3 is 0 Å². The molecule has 3 N–H and O–H groups in total. The normalized spacial score (nSPS) is 17.9. The highest BCUT2D eigenvalue weighted by Crippen LogP contribution is 2.31. The third-order valence-corrected chi connectivity index (χ3v) is 3.98. The van der Waals surface area contributed by atoms with Gasteiger partial charge in [-0.25, -0.2) is 4.98 Å². The van der Waals surface area contributed by atoms with Crippen LogP contribution in [0.25, 0.3) is 0 Å². The second kappa shape index (κ2) is 6.09. The average Bonchev–Trinajstić information content (AvgIpc) is 2.96. The summed E-state index contributed by atoms with van der Waals surface area (Å²) in [7, 11) is 0. The van der Waals surface area contributed by atoms with Gasteiger partial charge in [-0.15, -0.1) is 0 Å². The fourth-order valence-corrected chi connectivity index (χ4v) is 2.98. The largest absolute Gasteiger partial charge is 0.508 e. The Bertz CT molecular complexity index is 551. The molecule has 3 rings (SSSR count). The molecule has 0 fully saturated rings. The highest BCUT2D eigenvalue weighted by molar-refractivity contribution is 5.38. The predicted molar refractivity (Wildman–Crippen MR) is 78.7 cm³/mol. The Kier molecular flexibility index (Phi) is 4.02. The molecule has 0 spiro atoms. The SMILES string of the molecule is Oc1ccc2c(c1)CCCC2NCCCc1ncc[nH]1. The second-order valence-corrected chi connectivity index (χ2v) is 5.42. The highest BCUT2D eigenvalue weighted by atomic mass is 16.3. The number of benzene rings is 1. The molecule has 0 radical (unpaired) electrons. The van der Waals surface area contributed by atoms with Crippen LogP contribution in [0.15, 0.2) is 30.6 Å². The Balaban J connectivity index is 1.54. The van der Waals surface area contributed by atoms with Gasteiger partial charge < -0.3 is 15.4 Å². The number of imidazole rings is 1. The van der Waals surface area contributed by atoms with Crippen LogP contribution in [0, 0.1) is 0 Å². The van der Waals surface area contributed by atoms with E-state index in [4.69, 9.17) is 0 Å². The van der Waals surface area contributed by atoms with Gasteiger partial charge in [0.2, 0.25) is 0 Å². The number of phenolic OH excluding ortho intramolecular Hbond substituents is 1. The van der Waals surface area contributed by atoms with Crippen LogP contribution in [-0.2, 0) is 12.8 Å². The van der Waals surface area contributed by atoms with Gasteiger partial charge in [0.25, 0.3) is 0 Å². The van der Waals surface area contributed by atoms with Crippen molar-refractivity contribution in [3.05, 3.63) is 47.5 Å². The number of aromatic nitrogens is 2. The van der Waals surface area contributed by atoms with Crippen LogP contribution in [-0.4, -0.2) is 21.6 Å². The third kappa shape index (κ3) is 3.02. The van der Waals surface area contributed by atoms with Gasteiger partial charge in [0.15, 0.2) is 0 Å². The fraction of sp³-hybridized carbons (Fsp3) is 0.438. The van der Waals surface area contributed by atoms with Gasteiger partial charge in [0.1, 0.15) is 11.6 Å². The molecular weight excluding hydrogens is 250 g/mol. The second-order valence-electron chi connectivity index (χ2n) is 5.42. The molecule has 4 nitrogen and oxygen atoms in total.